The summed E-state index contributed by atoms with van der Waals surface area (Å²) in [6.45, 7) is 3.92. The van der Waals surface area contributed by atoms with Crippen LogP contribution in [0, 0.1) is 13.8 Å². The molecule has 1 aromatic heterocycles. The molecule has 0 radical (unpaired) electrons. The van der Waals surface area contributed by atoms with Crippen molar-refractivity contribution in [3.05, 3.63) is 41.3 Å². The number of aromatic nitrogens is 1. The highest BCUT2D eigenvalue weighted by atomic mass is 32.2. The fourth-order valence-corrected chi connectivity index (χ4v) is 5.46. The lowest BCUT2D eigenvalue weighted by Crippen LogP contribution is -2.50. The Morgan fingerprint density at radius 1 is 1.03 bits per heavy atom. The van der Waals surface area contributed by atoms with Crippen molar-refractivity contribution in [3.8, 4) is 0 Å². The van der Waals surface area contributed by atoms with E-state index in [1.54, 1.807) is 18.7 Å². The third kappa shape index (κ3) is 4.60. The van der Waals surface area contributed by atoms with Crippen molar-refractivity contribution < 1.29 is 26.2 Å². The van der Waals surface area contributed by atoms with Crippen molar-refractivity contribution in [3.63, 3.8) is 0 Å². The van der Waals surface area contributed by atoms with Crippen molar-refractivity contribution in [1.29, 1.82) is 0 Å². The molecule has 0 saturated carbocycles. The van der Waals surface area contributed by atoms with Crippen LogP contribution in [0.5, 0.6) is 0 Å². The summed E-state index contributed by atoms with van der Waals surface area (Å²) in [5.74, 6) is -0.00547. The van der Waals surface area contributed by atoms with Crippen molar-refractivity contribution in [2.45, 2.75) is 18.7 Å². The van der Waals surface area contributed by atoms with Crippen LogP contribution in [0.2, 0.25) is 0 Å². The van der Waals surface area contributed by atoms with Crippen LogP contribution in [0.15, 0.2) is 33.7 Å². The van der Waals surface area contributed by atoms with Gasteiger partial charge < -0.3 is 9.42 Å². The van der Waals surface area contributed by atoms with Gasteiger partial charge in [0.1, 0.15) is 10.6 Å². The van der Waals surface area contributed by atoms with Gasteiger partial charge in [-0.25, -0.2) is 16.8 Å². The molecule has 0 aliphatic carbocycles. The van der Waals surface area contributed by atoms with Gasteiger partial charge in [-0.2, -0.15) is 4.31 Å². The van der Waals surface area contributed by atoms with E-state index in [1.807, 2.05) is 0 Å². The minimum Gasteiger partial charge on any atom is -0.360 e. The number of sulfonamides is 2. The SMILES string of the molecule is Cc1noc(C)c1S(=O)(=O)N1CCN(C(=O)c2ccc(NS(C)(=O)=O)cc2)CC1. The molecule has 0 bridgehead atoms. The van der Waals surface area contributed by atoms with Crippen molar-refractivity contribution >= 4 is 31.6 Å². The Morgan fingerprint density at radius 3 is 2.10 bits per heavy atom. The van der Waals surface area contributed by atoms with Crippen molar-refractivity contribution in [1.82, 2.24) is 14.4 Å². The number of benzene rings is 1. The molecule has 1 N–H and O–H groups in total. The molecule has 10 nitrogen and oxygen atoms in total. The Bertz CT molecular complexity index is 1100. The van der Waals surface area contributed by atoms with Gasteiger partial charge in [0.2, 0.25) is 20.0 Å². The van der Waals surface area contributed by atoms with Crippen LogP contribution in [0.25, 0.3) is 0 Å². The first-order chi connectivity index (χ1) is 13.5. The lowest BCUT2D eigenvalue weighted by molar-refractivity contribution is 0.0698. The standard InChI is InChI=1S/C17H22N4O6S2/c1-12-16(13(2)27-18-12)29(25,26)21-10-8-20(9-11-21)17(22)14-4-6-15(7-5-14)19-28(3,23)24/h4-7,19H,8-11H2,1-3H3. The Hall–Kier alpha value is -2.44. The summed E-state index contributed by atoms with van der Waals surface area (Å²) in [5.41, 5.74) is 1.06. The molecule has 1 saturated heterocycles. The number of nitrogens with zero attached hydrogens (tertiary/aromatic N) is 3. The largest absolute Gasteiger partial charge is 0.360 e. The minimum atomic E-state index is -3.74. The van der Waals surface area contributed by atoms with E-state index in [2.05, 4.69) is 9.88 Å². The van der Waals surface area contributed by atoms with Crippen LogP contribution in [-0.4, -0.2) is 69.5 Å². The molecule has 0 unspecified atom stereocenters. The topological polar surface area (TPSA) is 130 Å². The van der Waals surface area contributed by atoms with E-state index >= 15 is 0 Å². The number of amides is 1. The number of aryl methyl sites for hydroxylation is 2. The Labute approximate surface area is 169 Å². The highest BCUT2D eigenvalue weighted by Gasteiger charge is 2.34. The Morgan fingerprint density at radius 2 is 1.62 bits per heavy atom. The third-order valence-electron chi connectivity index (χ3n) is 4.53. The van der Waals surface area contributed by atoms with Crippen LogP contribution in [0.3, 0.4) is 0 Å². The minimum absolute atomic E-state index is 0.0752. The van der Waals surface area contributed by atoms with E-state index in [0.29, 0.717) is 16.9 Å². The van der Waals surface area contributed by atoms with Crippen molar-refractivity contribution in [2.75, 3.05) is 37.2 Å². The normalized spacial score (nSPS) is 16.0. The maximum Gasteiger partial charge on any atom is 0.253 e. The van der Waals surface area contributed by atoms with Crippen LogP contribution in [-0.2, 0) is 20.0 Å². The molecule has 1 aliphatic heterocycles. The summed E-state index contributed by atoms with van der Waals surface area (Å²) in [5, 5.41) is 3.70. The van der Waals surface area contributed by atoms with E-state index in [-0.39, 0.29) is 42.7 Å². The third-order valence-corrected chi connectivity index (χ3v) is 7.28. The maximum atomic E-state index is 12.9. The average Bonchev–Trinajstić information content (AvgIpc) is 2.99. The molecular formula is C17H22N4O6S2. The number of hydrogen-bond acceptors (Lipinski definition) is 7. The smallest absolute Gasteiger partial charge is 0.253 e. The lowest BCUT2D eigenvalue weighted by Gasteiger charge is -2.34. The molecule has 1 amide bonds. The zero-order chi connectivity index (χ0) is 21.4. The molecule has 1 fully saturated rings. The van der Waals surface area contributed by atoms with E-state index < -0.39 is 20.0 Å². The number of hydrogen-bond donors (Lipinski definition) is 1. The molecule has 1 aliphatic rings. The van der Waals surface area contributed by atoms with E-state index in [1.165, 1.54) is 28.6 Å². The zero-order valence-corrected chi connectivity index (χ0v) is 17.9. The van der Waals surface area contributed by atoms with Crippen molar-refractivity contribution in [2.24, 2.45) is 0 Å². The predicted molar refractivity (Wildman–Crippen MR) is 106 cm³/mol. The number of carbonyl (C=O) groups excluding carboxylic acids is 1. The monoisotopic (exact) mass is 442 g/mol. The van der Waals surface area contributed by atoms with Crippen LogP contribution in [0.4, 0.5) is 5.69 Å². The second-order valence-corrected chi connectivity index (χ2v) is 10.4. The van der Waals surface area contributed by atoms with Crippen LogP contribution >= 0.6 is 0 Å². The van der Waals surface area contributed by atoms with Gasteiger partial charge in [-0.3, -0.25) is 9.52 Å². The molecule has 0 atom stereocenters. The van der Waals surface area contributed by atoms with Gasteiger partial charge in [0.25, 0.3) is 5.91 Å². The van der Waals surface area contributed by atoms with Gasteiger partial charge in [0.05, 0.1) is 6.26 Å². The maximum absolute atomic E-state index is 12.9. The van der Waals surface area contributed by atoms with E-state index in [9.17, 15) is 21.6 Å². The number of anilines is 1. The fourth-order valence-electron chi connectivity index (χ4n) is 3.18. The summed E-state index contributed by atoms with van der Waals surface area (Å²) in [6, 6.07) is 6.07. The molecule has 2 heterocycles. The molecule has 158 valence electrons. The van der Waals surface area contributed by atoms with E-state index in [4.69, 9.17) is 4.52 Å². The zero-order valence-electron chi connectivity index (χ0n) is 16.2. The van der Waals surface area contributed by atoms with Gasteiger partial charge >= 0.3 is 0 Å². The van der Waals surface area contributed by atoms with Crippen LogP contribution in [0.1, 0.15) is 21.8 Å². The molecule has 12 heteroatoms. The molecule has 0 spiro atoms. The highest BCUT2D eigenvalue weighted by Crippen LogP contribution is 2.24. The first-order valence-corrected chi connectivity index (χ1v) is 12.1. The first kappa shape index (κ1) is 21.3. The summed E-state index contributed by atoms with van der Waals surface area (Å²) in [6.07, 6.45) is 1.04. The quantitative estimate of drug-likeness (QED) is 0.725. The lowest BCUT2D eigenvalue weighted by atomic mass is 10.1. The first-order valence-electron chi connectivity index (χ1n) is 8.79. The Kier molecular flexibility index (Phi) is 5.70. The van der Waals surface area contributed by atoms with Crippen LogP contribution < -0.4 is 4.72 Å². The predicted octanol–water partition coefficient (Wildman–Crippen LogP) is 0.810. The second kappa shape index (κ2) is 7.76. The number of rotatable bonds is 5. The summed E-state index contributed by atoms with van der Waals surface area (Å²) in [4.78, 5) is 14.3. The van der Waals surface area contributed by atoms with Gasteiger partial charge in [0, 0.05) is 37.4 Å². The van der Waals surface area contributed by atoms with Gasteiger partial charge in [-0.1, -0.05) is 5.16 Å². The molecule has 3 rings (SSSR count). The van der Waals surface area contributed by atoms with Gasteiger partial charge in [0.15, 0.2) is 5.76 Å². The van der Waals surface area contributed by atoms with Gasteiger partial charge in [-0.05, 0) is 38.1 Å². The average molecular weight is 443 g/mol. The second-order valence-electron chi connectivity index (χ2n) is 6.80. The summed E-state index contributed by atoms with van der Waals surface area (Å²) < 4.78 is 56.8. The highest BCUT2D eigenvalue weighted by molar-refractivity contribution is 7.92. The summed E-state index contributed by atoms with van der Waals surface area (Å²) >= 11 is 0. The fraction of sp³-hybridized carbons (Fsp3) is 0.412. The molecule has 1 aromatic carbocycles. The number of nitrogens with one attached hydrogen (secondary N) is 1. The number of carbonyl (C=O) groups is 1. The summed E-state index contributed by atoms with van der Waals surface area (Å²) in [7, 11) is -7.14. The van der Waals surface area contributed by atoms with E-state index in [0.717, 1.165) is 6.26 Å². The number of piperazine rings is 1. The molecule has 29 heavy (non-hydrogen) atoms. The molecular weight excluding hydrogens is 420 g/mol. The Balaban J connectivity index is 1.67. The van der Waals surface area contributed by atoms with Gasteiger partial charge in [-0.15, -0.1) is 0 Å². The molecule has 2 aromatic rings.